The van der Waals surface area contributed by atoms with Gasteiger partial charge in [-0.3, -0.25) is 9.59 Å². The van der Waals surface area contributed by atoms with Crippen molar-refractivity contribution < 1.29 is 24.2 Å². The molecule has 0 aromatic heterocycles. The first kappa shape index (κ1) is 38.6. The molecular formula is C35H66O5. The van der Waals surface area contributed by atoms with Crippen LogP contribution in [0, 0.1) is 0 Å². The number of rotatable bonds is 31. The van der Waals surface area contributed by atoms with Gasteiger partial charge in [0.25, 0.3) is 0 Å². The van der Waals surface area contributed by atoms with Crippen molar-refractivity contribution in [2.45, 2.75) is 187 Å². The lowest BCUT2D eigenvalue weighted by Crippen LogP contribution is -2.28. The van der Waals surface area contributed by atoms with E-state index in [1.807, 2.05) is 0 Å². The number of aliphatic hydroxyl groups is 1. The summed E-state index contributed by atoms with van der Waals surface area (Å²) in [6, 6.07) is 0. The molecule has 0 amide bonds. The molecule has 0 aromatic carbocycles. The van der Waals surface area contributed by atoms with E-state index >= 15 is 0 Å². The molecule has 0 fully saturated rings. The largest absolute Gasteiger partial charge is 0.462 e. The predicted octanol–water partition coefficient (Wildman–Crippen LogP) is 10.2. The van der Waals surface area contributed by atoms with E-state index in [-0.39, 0.29) is 25.2 Å². The maximum Gasteiger partial charge on any atom is 0.306 e. The average molecular weight is 567 g/mol. The highest BCUT2D eigenvalue weighted by molar-refractivity contribution is 5.70. The fourth-order valence-electron chi connectivity index (χ4n) is 4.89. The molecule has 0 radical (unpaired) electrons. The molecule has 0 aromatic rings. The smallest absolute Gasteiger partial charge is 0.306 e. The number of unbranched alkanes of at least 4 members (excludes halogenated alkanes) is 21. The van der Waals surface area contributed by atoms with Crippen LogP contribution in [-0.2, 0) is 19.1 Å². The van der Waals surface area contributed by atoms with Gasteiger partial charge in [0, 0.05) is 12.8 Å². The Morgan fingerprint density at radius 3 is 1.43 bits per heavy atom. The van der Waals surface area contributed by atoms with Crippen molar-refractivity contribution in [2.24, 2.45) is 0 Å². The summed E-state index contributed by atoms with van der Waals surface area (Å²) < 4.78 is 10.5. The van der Waals surface area contributed by atoms with Crippen molar-refractivity contribution in [2.75, 3.05) is 13.2 Å². The highest BCUT2D eigenvalue weighted by Gasteiger charge is 2.16. The Kier molecular flexibility index (Phi) is 31.1. The molecule has 0 bridgehead atoms. The maximum atomic E-state index is 12.1. The highest BCUT2D eigenvalue weighted by Crippen LogP contribution is 2.14. The number of carbonyl (C=O) groups excluding carboxylic acids is 2. The van der Waals surface area contributed by atoms with Gasteiger partial charge in [-0.1, -0.05) is 148 Å². The monoisotopic (exact) mass is 566 g/mol. The summed E-state index contributed by atoms with van der Waals surface area (Å²) in [5, 5.41) is 9.50. The number of carbonyl (C=O) groups is 2. The summed E-state index contributed by atoms with van der Waals surface area (Å²) >= 11 is 0. The minimum absolute atomic E-state index is 0.0652. The summed E-state index contributed by atoms with van der Waals surface area (Å²) in [5.74, 6) is -0.597. The van der Waals surface area contributed by atoms with Crippen molar-refractivity contribution >= 4 is 11.9 Å². The topological polar surface area (TPSA) is 72.8 Å². The molecule has 0 saturated carbocycles. The van der Waals surface area contributed by atoms with E-state index in [4.69, 9.17) is 9.47 Å². The minimum Gasteiger partial charge on any atom is -0.462 e. The first-order valence-corrected chi connectivity index (χ1v) is 17.2. The second-order valence-electron chi connectivity index (χ2n) is 11.6. The third-order valence-electron chi connectivity index (χ3n) is 7.56. The zero-order chi connectivity index (χ0) is 29.4. The predicted molar refractivity (Wildman–Crippen MR) is 168 cm³/mol. The normalized spacial score (nSPS) is 12.2. The Morgan fingerprint density at radius 1 is 0.550 bits per heavy atom. The van der Waals surface area contributed by atoms with Crippen LogP contribution in [-0.4, -0.2) is 36.4 Å². The van der Waals surface area contributed by atoms with Gasteiger partial charge < -0.3 is 14.6 Å². The Balaban J connectivity index is 3.55. The molecule has 0 aliphatic carbocycles. The molecule has 0 heterocycles. The fraction of sp³-hybridized carbons (Fsp3) is 0.886. The van der Waals surface area contributed by atoms with Gasteiger partial charge in [0.05, 0.1) is 6.61 Å². The van der Waals surface area contributed by atoms with Crippen LogP contribution in [0.25, 0.3) is 0 Å². The van der Waals surface area contributed by atoms with Crippen LogP contribution in [0.2, 0.25) is 0 Å². The molecule has 0 unspecified atom stereocenters. The van der Waals surface area contributed by atoms with Crippen molar-refractivity contribution in [3.63, 3.8) is 0 Å². The number of hydrogen-bond donors (Lipinski definition) is 1. The molecule has 0 aliphatic rings. The molecular weight excluding hydrogens is 500 g/mol. The molecule has 0 rings (SSSR count). The fourth-order valence-corrected chi connectivity index (χ4v) is 4.89. The lowest BCUT2D eigenvalue weighted by atomic mass is 10.0. The Morgan fingerprint density at radius 2 is 0.950 bits per heavy atom. The van der Waals surface area contributed by atoms with Crippen LogP contribution >= 0.6 is 0 Å². The van der Waals surface area contributed by atoms with Crippen LogP contribution in [0.5, 0.6) is 0 Å². The molecule has 0 aliphatic heterocycles. The standard InChI is InChI=1S/C35H66O5/c1-3-5-7-9-11-13-15-16-17-18-20-22-24-26-28-30-35(38)40-33(31-36)32-39-34(37)29-27-25-23-21-19-14-12-10-8-6-4-2/h10,12,33,36H,3-9,11,13-32H2,1-2H3/b12-10-/t33-/m0/s1. The summed E-state index contributed by atoms with van der Waals surface area (Å²) in [7, 11) is 0. The molecule has 5 nitrogen and oxygen atoms in total. The highest BCUT2D eigenvalue weighted by atomic mass is 16.6. The zero-order valence-corrected chi connectivity index (χ0v) is 26.6. The molecule has 0 saturated heterocycles. The number of ether oxygens (including phenoxy) is 2. The Hall–Kier alpha value is -1.36. The molecule has 1 N–H and O–H groups in total. The van der Waals surface area contributed by atoms with Crippen LogP contribution in [0.4, 0.5) is 0 Å². The van der Waals surface area contributed by atoms with Gasteiger partial charge in [-0.05, 0) is 32.1 Å². The van der Waals surface area contributed by atoms with Gasteiger partial charge in [-0.25, -0.2) is 0 Å². The number of hydrogen-bond acceptors (Lipinski definition) is 5. The van der Waals surface area contributed by atoms with E-state index in [1.165, 1.54) is 109 Å². The van der Waals surface area contributed by atoms with Gasteiger partial charge >= 0.3 is 11.9 Å². The van der Waals surface area contributed by atoms with Gasteiger partial charge in [-0.15, -0.1) is 0 Å². The lowest BCUT2D eigenvalue weighted by Gasteiger charge is -2.15. The summed E-state index contributed by atoms with van der Waals surface area (Å²) in [4.78, 5) is 24.1. The molecule has 1 atom stereocenters. The molecule has 236 valence electrons. The van der Waals surface area contributed by atoms with Gasteiger partial charge in [0.15, 0.2) is 6.10 Å². The maximum absolute atomic E-state index is 12.1. The second kappa shape index (κ2) is 32.2. The average Bonchev–Trinajstić information content (AvgIpc) is 2.96. The third-order valence-corrected chi connectivity index (χ3v) is 7.56. The Bertz CT molecular complexity index is 574. The van der Waals surface area contributed by atoms with Crippen LogP contribution in [0.3, 0.4) is 0 Å². The van der Waals surface area contributed by atoms with Gasteiger partial charge in [-0.2, -0.15) is 0 Å². The van der Waals surface area contributed by atoms with Gasteiger partial charge in [0.2, 0.25) is 0 Å². The lowest BCUT2D eigenvalue weighted by molar-refractivity contribution is -0.161. The number of allylic oxidation sites excluding steroid dienone is 2. The van der Waals surface area contributed by atoms with Crippen molar-refractivity contribution in [3.05, 3.63) is 12.2 Å². The van der Waals surface area contributed by atoms with E-state index in [0.29, 0.717) is 12.8 Å². The van der Waals surface area contributed by atoms with E-state index in [9.17, 15) is 14.7 Å². The van der Waals surface area contributed by atoms with Crippen molar-refractivity contribution in [1.82, 2.24) is 0 Å². The quantitative estimate of drug-likeness (QED) is 0.0513. The summed E-state index contributed by atoms with van der Waals surface area (Å²) in [6.45, 7) is 4.09. The molecule has 0 spiro atoms. The Labute approximate surface area is 248 Å². The first-order chi connectivity index (χ1) is 19.6. The number of aliphatic hydroxyl groups excluding tert-OH is 1. The van der Waals surface area contributed by atoms with Crippen LogP contribution in [0.1, 0.15) is 181 Å². The zero-order valence-electron chi connectivity index (χ0n) is 26.6. The first-order valence-electron chi connectivity index (χ1n) is 17.2. The third kappa shape index (κ3) is 29.6. The molecule has 40 heavy (non-hydrogen) atoms. The van der Waals surface area contributed by atoms with E-state index in [2.05, 4.69) is 26.0 Å². The van der Waals surface area contributed by atoms with E-state index < -0.39 is 6.10 Å². The SMILES string of the molecule is CCCC/C=C\CCCCCCCC(=O)OC[C@H](CO)OC(=O)CCCCCCCCCCCCCCCCC. The van der Waals surface area contributed by atoms with Crippen LogP contribution < -0.4 is 0 Å². The van der Waals surface area contributed by atoms with Crippen molar-refractivity contribution in [1.29, 1.82) is 0 Å². The number of esters is 2. The van der Waals surface area contributed by atoms with Crippen molar-refractivity contribution in [3.8, 4) is 0 Å². The summed E-state index contributed by atoms with van der Waals surface area (Å²) in [5.41, 5.74) is 0. The minimum atomic E-state index is -0.766. The van der Waals surface area contributed by atoms with E-state index in [0.717, 1.165) is 44.9 Å². The van der Waals surface area contributed by atoms with E-state index in [1.54, 1.807) is 0 Å². The van der Waals surface area contributed by atoms with Gasteiger partial charge in [0.1, 0.15) is 6.61 Å². The summed E-state index contributed by atoms with van der Waals surface area (Å²) in [6.07, 6.45) is 34.1. The van der Waals surface area contributed by atoms with Crippen LogP contribution in [0.15, 0.2) is 12.2 Å². The molecule has 5 heteroatoms. The second-order valence-corrected chi connectivity index (χ2v) is 11.6.